The summed E-state index contributed by atoms with van der Waals surface area (Å²) >= 11 is 1.81. The number of thioether (sulfide) groups is 1. The van der Waals surface area contributed by atoms with Gasteiger partial charge in [-0.2, -0.15) is 16.9 Å². The third-order valence-electron chi connectivity index (χ3n) is 4.18. The van der Waals surface area contributed by atoms with Crippen LogP contribution in [0.5, 0.6) is 0 Å². The molecule has 1 aromatic rings. The van der Waals surface area contributed by atoms with Crippen molar-refractivity contribution in [2.24, 2.45) is 5.92 Å². The lowest BCUT2D eigenvalue weighted by atomic mass is 10.2. The molecule has 2 fully saturated rings. The molecule has 110 valence electrons. The van der Waals surface area contributed by atoms with Crippen molar-refractivity contribution in [1.82, 2.24) is 14.7 Å². The third-order valence-corrected chi connectivity index (χ3v) is 5.34. The van der Waals surface area contributed by atoms with E-state index >= 15 is 0 Å². The lowest BCUT2D eigenvalue weighted by Gasteiger charge is -2.17. The van der Waals surface area contributed by atoms with E-state index in [1.807, 2.05) is 23.6 Å². The van der Waals surface area contributed by atoms with E-state index in [4.69, 9.17) is 0 Å². The Bertz CT molecular complexity index is 495. The molecule has 1 aromatic heterocycles. The number of carbonyl (C=O) groups is 1. The first-order valence-electron chi connectivity index (χ1n) is 7.52. The van der Waals surface area contributed by atoms with Crippen LogP contribution in [0.15, 0.2) is 6.07 Å². The molecule has 2 aliphatic rings. The number of hydrogen-bond donors (Lipinski definition) is 0. The number of aryl methyl sites for hydroxylation is 2. The van der Waals surface area contributed by atoms with Crippen molar-refractivity contribution in [3.05, 3.63) is 17.5 Å². The summed E-state index contributed by atoms with van der Waals surface area (Å²) in [5, 5.41) is 4.55. The fraction of sp³-hybridized carbons (Fsp3) is 0.733. The average molecular weight is 293 g/mol. The summed E-state index contributed by atoms with van der Waals surface area (Å²) in [6.07, 6.45) is 3.76. The Morgan fingerprint density at radius 3 is 2.85 bits per heavy atom. The van der Waals surface area contributed by atoms with Crippen LogP contribution in [0.25, 0.3) is 0 Å². The zero-order chi connectivity index (χ0) is 14.1. The van der Waals surface area contributed by atoms with Gasteiger partial charge in [-0.05, 0) is 50.8 Å². The number of aromatic nitrogens is 2. The fourth-order valence-corrected chi connectivity index (χ4v) is 4.01. The minimum atomic E-state index is 0.305. The predicted octanol–water partition coefficient (Wildman–Crippen LogP) is 2.42. The number of carbonyl (C=O) groups excluding carboxylic acids is 1. The van der Waals surface area contributed by atoms with Gasteiger partial charge in [0.05, 0.1) is 17.5 Å². The highest BCUT2D eigenvalue weighted by atomic mass is 32.2. The Labute approximate surface area is 124 Å². The predicted molar refractivity (Wildman–Crippen MR) is 82.0 cm³/mol. The summed E-state index contributed by atoms with van der Waals surface area (Å²) in [4.78, 5) is 14.2. The minimum absolute atomic E-state index is 0.305. The minimum Gasteiger partial charge on any atom is -0.340 e. The van der Waals surface area contributed by atoms with Crippen LogP contribution in [0.2, 0.25) is 0 Å². The van der Waals surface area contributed by atoms with Gasteiger partial charge < -0.3 is 4.90 Å². The van der Waals surface area contributed by atoms with Crippen LogP contribution in [-0.2, 0) is 4.79 Å². The van der Waals surface area contributed by atoms with Crippen LogP contribution in [-0.4, -0.2) is 45.2 Å². The molecule has 4 nitrogen and oxygen atoms in total. The van der Waals surface area contributed by atoms with E-state index in [2.05, 4.69) is 22.8 Å². The summed E-state index contributed by atoms with van der Waals surface area (Å²) in [5.41, 5.74) is 2.26. The van der Waals surface area contributed by atoms with Crippen molar-refractivity contribution in [2.75, 3.05) is 24.6 Å². The number of nitrogens with zero attached hydrogens (tertiary/aromatic N) is 3. The van der Waals surface area contributed by atoms with Crippen LogP contribution in [0, 0.1) is 19.8 Å². The molecule has 1 atom stereocenters. The second kappa shape index (κ2) is 5.80. The van der Waals surface area contributed by atoms with E-state index in [-0.39, 0.29) is 0 Å². The number of rotatable bonds is 5. The van der Waals surface area contributed by atoms with Crippen LogP contribution < -0.4 is 0 Å². The SMILES string of the molecule is Cc1cc(C)n(C2CCN(C(=O)CSCC3CC3)C2)n1. The quantitative estimate of drug-likeness (QED) is 0.837. The third kappa shape index (κ3) is 3.19. The Morgan fingerprint density at radius 2 is 2.20 bits per heavy atom. The molecule has 0 bridgehead atoms. The Morgan fingerprint density at radius 1 is 1.40 bits per heavy atom. The molecule has 1 unspecified atom stereocenters. The summed E-state index contributed by atoms with van der Waals surface area (Å²) in [6, 6.07) is 2.47. The summed E-state index contributed by atoms with van der Waals surface area (Å²) in [7, 11) is 0. The second-order valence-electron chi connectivity index (χ2n) is 6.11. The number of likely N-dealkylation sites (tertiary alicyclic amines) is 1. The van der Waals surface area contributed by atoms with Crippen molar-refractivity contribution in [3.63, 3.8) is 0 Å². The molecule has 0 aromatic carbocycles. The first kappa shape index (κ1) is 14.0. The highest BCUT2D eigenvalue weighted by Crippen LogP contribution is 2.32. The van der Waals surface area contributed by atoms with E-state index in [9.17, 15) is 4.79 Å². The first-order valence-corrected chi connectivity index (χ1v) is 8.67. The maximum atomic E-state index is 12.2. The van der Waals surface area contributed by atoms with E-state index in [1.165, 1.54) is 24.3 Å². The smallest absolute Gasteiger partial charge is 0.232 e. The molecule has 5 heteroatoms. The fourth-order valence-electron chi connectivity index (χ4n) is 2.87. The lowest BCUT2D eigenvalue weighted by Crippen LogP contribution is -2.31. The summed E-state index contributed by atoms with van der Waals surface area (Å²) in [5.74, 6) is 3.02. The van der Waals surface area contributed by atoms with Gasteiger partial charge in [0.1, 0.15) is 0 Å². The van der Waals surface area contributed by atoms with E-state index in [0.29, 0.717) is 17.7 Å². The molecule has 1 aliphatic heterocycles. The maximum absolute atomic E-state index is 12.2. The van der Waals surface area contributed by atoms with Gasteiger partial charge >= 0.3 is 0 Å². The molecule has 3 rings (SSSR count). The normalized spacial score (nSPS) is 22.5. The van der Waals surface area contributed by atoms with E-state index in [1.54, 1.807) is 0 Å². The van der Waals surface area contributed by atoms with Crippen molar-refractivity contribution in [3.8, 4) is 0 Å². The Kier molecular flexibility index (Phi) is 4.06. The van der Waals surface area contributed by atoms with Crippen molar-refractivity contribution in [1.29, 1.82) is 0 Å². The van der Waals surface area contributed by atoms with Crippen LogP contribution >= 0.6 is 11.8 Å². The number of hydrogen-bond acceptors (Lipinski definition) is 3. The molecule has 0 spiro atoms. The molecule has 1 aliphatic carbocycles. The van der Waals surface area contributed by atoms with Crippen molar-refractivity contribution in [2.45, 2.75) is 39.2 Å². The van der Waals surface area contributed by atoms with E-state index in [0.717, 1.165) is 31.1 Å². The molecular weight excluding hydrogens is 270 g/mol. The zero-order valence-corrected chi connectivity index (χ0v) is 13.2. The summed E-state index contributed by atoms with van der Waals surface area (Å²) in [6.45, 7) is 5.82. The molecule has 1 saturated carbocycles. The topological polar surface area (TPSA) is 38.1 Å². The van der Waals surface area contributed by atoms with Gasteiger partial charge in [-0.25, -0.2) is 0 Å². The first-order chi connectivity index (χ1) is 9.63. The van der Waals surface area contributed by atoms with Gasteiger partial charge in [-0.3, -0.25) is 9.48 Å². The molecule has 2 heterocycles. The molecule has 1 amide bonds. The monoisotopic (exact) mass is 293 g/mol. The highest BCUT2D eigenvalue weighted by molar-refractivity contribution is 7.99. The van der Waals surface area contributed by atoms with Crippen molar-refractivity contribution < 1.29 is 4.79 Å². The second-order valence-corrected chi connectivity index (χ2v) is 7.14. The Balaban J connectivity index is 1.50. The lowest BCUT2D eigenvalue weighted by molar-refractivity contribution is -0.127. The van der Waals surface area contributed by atoms with Crippen molar-refractivity contribution >= 4 is 17.7 Å². The van der Waals surface area contributed by atoms with Gasteiger partial charge in [0.25, 0.3) is 0 Å². The molecule has 1 saturated heterocycles. The van der Waals surface area contributed by atoms with Crippen LogP contribution in [0.1, 0.15) is 36.7 Å². The number of amides is 1. The van der Waals surface area contributed by atoms with Gasteiger partial charge in [0, 0.05) is 18.8 Å². The average Bonchev–Trinajstić information content (AvgIpc) is 2.98. The van der Waals surface area contributed by atoms with Crippen LogP contribution in [0.3, 0.4) is 0 Å². The largest absolute Gasteiger partial charge is 0.340 e. The molecular formula is C15H23N3OS. The van der Waals surface area contributed by atoms with Crippen LogP contribution in [0.4, 0.5) is 0 Å². The van der Waals surface area contributed by atoms with Gasteiger partial charge in [-0.15, -0.1) is 0 Å². The molecule has 0 N–H and O–H groups in total. The molecule has 0 radical (unpaired) electrons. The zero-order valence-electron chi connectivity index (χ0n) is 12.3. The Hall–Kier alpha value is -0.970. The van der Waals surface area contributed by atoms with Gasteiger partial charge in [0.2, 0.25) is 5.91 Å². The van der Waals surface area contributed by atoms with E-state index < -0.39 is 0 Å². The van der Waals surface area contributed by atoms with Gasteiger partial charge in [-0.1, -0.05) is 0 Å². The summed E-state index contributed by atoms with van der Waals surface area (Å²) < 4.78 is 2.10. The highest BCUT2D eigenvalue weighted by Gasteiger charge is 2.29. The standard InChI is InChI=1S/C15H23N3OS/c1-11-7-12(2)18(16-11)14-5-6-17(8-14)15(19)10-20-9-13-3-4-13/h7,13-14H,3-6,8-10H2,1-2H3. The van der Waals surface area contributed by atoms with Gasteiger partial charge in [0.15, 0.2) is 0 Å². The molecule has 20 heavy (non-hydrogen) atoms. The maximum Gasteiger partial charge on any atom is 0.232 e.